The third-order valence-corrected chi connectivity index (χ3v) is 3.57. The van der Waals surface area contributed by atoms with Crippen LogP contribution in [0.1, 0.15) is 15.9 Å². The number of phenols is 2. The van der Waals surface area contributed by atoms with Crippen LogP contribution in [-0.4, -0.2) is 29.0 Å². The summed E-state index contributed by atoms with van der Waals surface area (Å²) >= 11 is 0. The second kappa shape index (κ2) is 4.95. The number of benzene rings is 2. The van der Waals surface area contributed by atoms with Crippen molar-refractivity contribution in [2.45, 2.75) is 4.90 Å². The molecule has 0 atom stereocenters. The standard InChI is InChI=1S/C13H10O6S/c14-10-7-6-9(12(16)13(10)20(17,18)19)11(15)8-4-2-1-3-5-8/h1-7,14,16H,(H,17,18,19). The Bertz CT molecular complexity index is 765. The number of carbonyl (C=O) groups excluding carboxylic acids is 1. The summed E-state index contributed by atoms with van der Waals surface area (Å²) in [7, 11) is -4.85. The highest BCUT2D eigenvalue weighted by Crippen LogP contribution is 2.35. The van der Waals surface area contributed by atoms with Crippen LogP contribution in [0.4, 0.5) is 0 Å². The highest BCUT2D eigenvalue weighted by atomic mass is 32.2. The van der Waals surface area contributed by atoms with Gasteiger partial charge in [0.15, 0.2) is 16.4 Å². The average Bonchev–Trinajstić information content (AvgIpc) is 2.37. The van der Waals surface area contributed by atoms with Crippen LogP contribution < -0.4 is 0 Å². The summed E-state index contributed by atoms with van der Waals surface area (Å²) in [4.78, 5) is 11.1. The summed E-state index contributed by atoms with van der Waals surface area (Å²) in [5.41, 5.74) is -0.101. The van der Waals surface area contributed by atoms with Gasteiger partial charge in [0.2, 0.25) is 0 Å². The average molecular weight is 294 g/mol. The molecular weight excluding hydrogens is 284 g/mol. The van der Waals surface area contributed by atoms with E-state index in [1.54, 1.807) is 18.2 Å². The maximum absolute atomic E-state index is 12.1. The third-order valence-electron chi connectivity index (χ3n) is 2.65. The molecular formula is C13H10O6S. The maximum Gasteiger partial charge on any atom is 0.301 e. The Balaban J connectivity index is 2.64. The minimum absolute atomic E-state index is 0.231. The first kappa shape index (κ1) is 14.0. The van der Waals surface area contributed by atoms with Crippen molar-refractivity contribution in [3.05, 3.63) is 53.6 Å². The minimum Gasteiger partial charge on any atom is -0.506 e. The van der Waals surface area contributed by atoms with Crippen LogP contribution in [0.2, 0.25) is 0 Å². The van der Waals surface area contributed by atoms with Gasteiger partial charge in [0, 0.05) is 5.56 Å². The number of carbonyl (C=O) groups is 1. The Morgan fingerprint density at radius 1 is 0.950 bits per heavy atom. The molecule has 0 bridgehead atoms. The lowest BCUT2D eigenvalue weighted by Crippen LogP contribution is -2.06. The largest absolute Gasteiger partial charge is 0.506 e. The molecule has 0 unspecified atom stereocenters. The van der Waals surface area contributed by atoms with Gasteiger partial charge >= 0.3 is 10.1 Å². The van der Waals surface area contributed by atoms with E-state index in [1.807, 2.05) is 0 Å². The first-order valence-corrected chi connectivity index (χ1v) is 6.88. The van der Waals surface area contributed by atoms with Crippen LogP contribution in [0.3, 0.4) is 0 Å². The van der Waals surface area contributed by atoms with Crippen LogP contribution in [-0.2, 0) is 10.1 Å². The molecule has 2 aromatic rings. The molecule has 0 heterocycles. The van der Waals surface area contributed by atoms with Crippen molar-refractivity contribution in [1.29, 1.82) is 0 Å². The van der Waals surface area contributed by atoms with Gasteiger partial charge in [-0.3, -0.25) is 9.35 Å². The van der Waals surface area contributed by atoms with Crippen LogP contribution in [0.25, 0.3) is 0 Å². The molecule has 0 spiro atoms. The van der Waals surface area contributed by atoms with Crippen LogP contribution >= 0.6 is 0 Å². The second-order valence-electron chi connectivity index (χ2n) is 3.98. The molecule has 0 aliphatic rings. The molecule has 0 fully saturated rings. The summed E-state index contributed by atoms with van der Waals surface area (Å²) in [5.74, 6) is -2.45. The van der Waals surface area contributed by atoms with E-state index in [0.717, 1.165) is 12.1 Å². The van der Waals surface area contributed by atoms with E-state index in [9.17, 15) is 23.4 Å². The molecule has 104 valence electrons. The van der Waals surface area contributed by atoms with Crippen molar-refractivity contribution in [2.75, 3.05) is 0 Å². The molecule has 3 N–H and O–H groups in total. The third kappa shape index (κ3) is 2.49. The quantitative estimate of drug-likeness (QED) is 0.585. The first-order valence-electron chi connectivity index (χ1n) is 5.44. The predicted octanol–water partition coefficient (Wildman–Crippen LogP) is 1.58. The summed E-state index contributed by atoms with van der Waals surface area (Å²) < 4.78 is 31.2. The summed E-state index contributed by atoms with van der Waals surface area (Å²) in [6.45, 7) is 0. The van der Waals surface area contributed by atoms with E-state index in [0.29, 0.717) is 0 Å². The molecule has 0 aromatic heterocycles. The van der Waals surface area contributed by atoms with E-state index < -0.39 is 32.3 Å². The fourth-order valence-corrected chi connectivity index (χ4v) is 2.43. The Labute approximate surface area is 114 Å². The zero-order valence-electron chi connectivity index (χ0n) is 10.0. The van der Waals surface area contributed by atoms with Crippen molar-refractivity contribution in [2.24, 2.45) is 0 Å². The molecule has 0 saturated carbocycles. The fourth-order valence-electron chi connectivity index (χ4n) is 1.74. The summed E-state index contributed by atoms with van der Waals surface area (Å²) in [6, 6.07) is 9.87. The number of ketones is 1. The van der Waals surface area contributed by atoms with Gasteiger partial charge in [-0.25, -0.2) is 0 Å². The molecule has 2 rings (SSSR count). The smallest absolute Gasteiger partial charge is 0.301 e. The number of phenolic OH excluding ortho intramolecular Hbond substituents is 2. The van der Waals surface area contributed by atoms with Crippen LogP contribution in [0, 0.1) is 0 Å². The molecule has 0 radical (unpaired) electrons. The Hall–Kier alpha value is -2.38. The molecule has 0 aliphatic heterocycles. The van der Waals surface area contributed by atoms with Crippen molar-refractivity contribution in [1.82, 2.24) is 0 Å². The van der Waals surface area contributed by atoms with Crippen LogP contribution in [0.5, 0.6) is 11.5 Å². The maximum atomic E-state index is 12.1. The summed E-state index contributed by atoms with van der Waals surface area (Å²) in [5, 5.41) is 19.2. The number of hydrogen-bond acceptors (Lipinski definition) is 5. The predicted molar refractivity (Wildman–Crippen MR) is 69.5 cm³/mol. The van der Waals surface area contributed by atoms with Crippen molar-refractivity contribution >= 4 is 15.9 Å². The molecule has 7 heteroatoms. The van der Waals surface area contributed by atoms with Crippen molar-refractivity contribution < 1.29 is 28.0 Å². The van der Waals surface area contributed by atoms with E-state index in [1.165, 1.54) is 12.1 Å². The topological polar surface area (TPSA) is 112 Å². The number of hydrogen-bond donors (Lipinski definition) is 3. The van der Waals surface area contributed by atoms with Gasteiger partial charge in [-0.05, 0) is 12.1 Å². The lowest BCUT2D eigenvalue weighted by atomic mass is 10.0. The van der Waals surface area contributed by atoms with E-state index in [2.05, 4.69) is 0 Å². The normalized spacial score (nSPS) is 11.2. The lowest BCUT2D eigenvalue weighted by molar-refractivity contribution is 0.103. The molecule has 0 aliphatic carbocycles. The summed E-state index contributed by atoms with van der Waals surface area (Å²) in [6.07, 6.45) is 0. The number of aromatic hydroxyl groups is 2. The molecule has 0 saturated heterocycles. The van der Waals surface area contributed by atoms with Gasteiger partial charge in [-0.2, -0.15) is 8.42 Å². The Kier molecular flexibility index (Phi) is 3.47. The lowest BCUT2D eigenvalue weighted by Gasteiger charge is -2.09. The Morgan fingerprint density at radius 2 is 1.55 bits per heavy atom. The Morgan fingerprint density at radius 3 is 2.10 bits per heavy atom. The van der Waals surface area contributed by atoms with Gasteiger partial charge in [0.1, 0.15) is 5.75 Å². The number of rotatable bonds is 3. The highest BCUT2D eigenvalue weighted by Gasteiger charge is 2.26. The van der Waals surface area contributed by atoms with Gasteiger partial charge in [-0.1, -0.05) is 30.3 Å². The van der Waals surface area contributed by atoms with Gasteiger partial charge in [0.05, 0.1) is 5.56 Å². The monoisotopic (exact) mass is 294 g/mol. The molecule has 20 heavy (non-hydrogen) atoms. The zero-order valence-corrected chi connectivity index (χ0v) is 10.8. The van der Waals surface area contributed by atoms with Crippen molar-refractivity contribution in [3.63, 3.8) is 0 Å². The van der Waals surface area contributed by atoms with Gasteiger partial charge in [0.25, 0.3) is 0 Å². The molecule has 0 amide bonds. The van der Waals surface area contributed by atoms with Gasteiger partial charge < -0.3 is 10.2 Å². The SMILES string of the molecule is O=C(c1ccccc1)c1ccc(O)c(S(=O)(=O)O)c1O. The van der Waals surface area contributed by atoms with E-state index in [4.69, 9.17) is 4.55 Å². The molecule has 2 aromatic carbocycles. The minimum atomic E-state index is -4.85. The fraction of sp³-hybridized carbons (Fsp3) is 0. The molecule has 6 nitrogen and oxygen atoms in total. The van der Waals surface area contributed by atoms with Crippen molar-refractivity contribution in [3.8, 4) is 11.5 Å². The zero-order chi connectivity index (χ0) is 14.9. The highest BCUT2D eigenvalue weighted by molar-refractivity contribution is 7.86. The second-order valence-corrected chi connectivity index (χ2v) is 5.34. The van der Waals surface area contributed by atoms with Gasteiger partial charge in [-0.15, -0.1) is 0 Å². The first-order chi connectivity index (χ1) is 9.32. The van der Waals surface area contributed by atoms with Crippen LogP contribution in [0.15, 0.2) is 47.4 Å². The van der Waals surface area contributed by atoms with E-state index in [-0.39, 0.29) is 11.1 Å². The van der Waals surface area contributed by atoms with E-state index >= 15 is 0 Å².